The number of carbonyl (C=O) groups excluding carboxylic acids is 1. The monoisotopic (exact) mass is 299 g/mol. The maximum absolute atomic E-state index is 12.1. The molecule has 4 nitrogen and oxygen atoms in total. The van der Waals surface area contributed by atoms with Crippen molar-refractivity contribution in [2.24, 2.45) is 0 Å². The molecule has 0 radical (unpaired) electrons. The minimum atomic E-state index is -0.0257. The maximum Gasteiger partial charge on any atom is 0.224 e. The molecular weight excluding hydrogens is 278 g/mol. The first kappa shape index (κ1) is 15.9. The molecule has 2 aromatic rings. The Balaban J connectivity index is 2.04. The van der Waals surface area contributed by atoms with Crippen molar-refractivity contribution >= 4 is 11.6 Å². The summed E-state index contributed by atoms with van der Waals surface area (Å²) in [4.78, 5) is 12.1. The van der Waals surface area contributed by atoms with Crippen LogP contribution in [0.25, 0.3) is 0 Å². The Morgan fingerprint density at radius 1 is 1.00 bits per heavy atom. The van der Waals surface area contributed by atoms with Crippen LogP contribution in [0.4, 0.5) is 5.69 Å². The fourth-order valence-corrected chi connectivity index (χ4v) is 2.34. The van der Waals surface area contributed by atoms with Crippen molar-refractivity contribution in [2.75, 3.05) is 19.5 Å². The number of methoxy groups -OCH3 is 2. The van der Waals surface area contributed by atoms with Crippen LogP contribution in [0.3, 0.4) is 0 Å². The van der Waals surface area contributed by atoms with Crippen LogP contribution in [0, 0.1) is 6.92 Å². The minimum Gasteiger partial charge on any atom is -0.496 e. The first-order valence-electron chi connectivity index (χ1n) is 7.21. The molecule has 22 heavy (non-hydrogen) atoms. The van der Waals surface area contributed by atoms with Gasteiger partial charge in [-0.1, -0.05) is 24.3 Å². The quantitative estimate of drug-likeness (QED) is 0.887. The molecular formula is C18H21NO3. The third kappa shape index (κ3) is 3.79. The number of rotatable bonds is 6. The highest BCUT2D eigenvalue weighted by Gasteiger charge is 2.12. The Kier molecular flexibility index (Phi) is 5.42. The average molecular weight is 299 g/mol. The summed E-state index contributed by atoms with van der Waals surface area (Å²) in [5.41, 5.74) is 2.80. The molecule has 0 unspecified atom stereocenters. The van der Waals surface area contributed by atoms with Gasteiger partial charge in [0.2, 0.25) is 5.91 Å². The highest BCUT2D eigenvalue weighted by molar-refractivity contribution is 5.91. The van der Waals surface area contributed by atoms with E-state index in [-0.39, 0.29) is 5.91 Å². The Bertz CT molecular complexity index is 630. The van der Waals surface area contributed by atoms with Crippen LogP contribution in [0.5, 0.6) is 11.5 Å². The number of hydrogen-bond acceptors (Lipinski definition) is 3. The number of hydrogen-bond donors (Lipinski definition) is 1. The van der Waals surface area contributed by atoms with Crippen LogP contribution in [0.2, 0.25) is 0 Å². The molecule has 0 saturated heterocycles. The second kappa shape index (κ2) is 7.50. The van der Waals surface area contributed by atoms with Crippen LogP contribution in [-0.4, -0.2) is 20.1 Å². The first-order valence-corrected chi connectivity index (χ1v) is 7.21. The number of carbonyl (C=O) groups is 1. The topological polar surface area (TPSA) is 47.6 Å². The molecule has 1 N–H and O–H groups in total. The normalized spacial score (nSPS) is 10.1. The van der Waals surface area contributed by atoms with Gasteiger partial charge < -0.3 is 14.8 Å². The zero-order chi connectivity index (χ0) is 15.9. The van der Waals surface area contributed by atoms with E-state index in [1.165, 1.54) is 0 Å². The van der Waals surface area contributed by atoms with Crippen LogP contribution >= 0.6 is 0 Å². The summed E-state index contributed by atoms with van der Waals surface area (Å²) in [6.07, 6.45) is 0.927. The first-order chi connectivity index (χ1) is 10.7. The lowest BCUT2D eigenvalue weighted by atomic mass is 10.1. The summed E-state index contributed by atoms with van der Waals surface area (Å²) in [5.74, 6) is 1.45. The molecule has 116 valence electrons. The molecule has 0 bridgehead atoms. The number of ether oxygens (including phenoxy) is 2. The molecule has 0 heterocycles. The van der Waals surface area contributed by atoms with Gasteiger partial charge in [0.25, 0.3) is 0 Å². The fraction of sp³-hybridized carbons (Fsp3) is 0.278. The van der Waals surface area contributed by atoms with E-state index in [1.807, 2.05) is 49.4 Å². The largest absolute Gasteiger partial charge is 0.496 e. The molecule has 2 aromatic carbocycles. The fourth-order valence-electron chi connectivity index (χ4n) is 2.34. The number of amides is 1. The lowest BCUT2D eigenvalue weighted by Gasteiger charge is -2.13. The standard InChI is InChI=1S/C18H21NO3/c1-13-7-4-5-8-15(13)19-18(20)12-11-14-16(21-2)9-6-10-17(14)22-3/h4-10H,11-12H2,1-3H3,(H,19,20). The predicted octanol–water partition coefficient (Wildman–Crippen LogP) is 3.58. The van der Waals surface area contributed by atoms with Crippen molar-refractivity contribution in [3.05, 3.63) is 53.6 Å². The molecule has 1 amide bonds. The van der Waals surface area contributed by atoms with Crippen LogP contribution in [-0.2, 0) is 11.2 Å². The number of aryl methyl sites for hydroxylation is 1. The number of nitrogens with one attached hydrogen (secondary N) is 1. The Morgan fingerprint density at radius 3 is 2.23 bits per heavy atom. The number of anilines is 1. The molecule has 0 aliphatic rings. The molecule has 0 saturated carbocycles. The summed E-state index contributed by atoms with van der Waals surface area (Å²) in [5, 5.41) is 2.93. The molecule has 0 aliphatic heterocycles. The SMILES string of the molecule is COc1cccc(OC)c1CCC(=O)Nc1ccccc1C. The molecule has 0 aromatic heterocycles. The maximum atomic E-state index is 12.1. The smallest absolute Gasteiger partial charge is 0.224 e. The van der Waals surface area contributed by atoms with Crippen molar-refractivity contribution in [1.29, 1.82) is 0 Å². The van der Waals surface area contributed by atoms with E-state index in [1.54, 1.807) is 14.2 Å². The Hall–Kier alpha value is -2.49. The molecule has 4 heteroatoms. The third-order valence-electron chi connectivity index (χ3n) is 3.55. The Morgan fingerprint density at radius 2 is 1.64 bits per heavy atom. The van der Waals surface area contributed by atoms with Crippen molar-refractivity contribution in [1.82, 2.24) is 0 Å². The van der Waals surface area contributed by atoms with Crippen molar-refractivity contribution in [3.8, 4) is 11.5 Å². The van der Waals surface area contributed by atoms with Gasteiger partial charge >= 0.3 is 0 Å². The molecule has 0 aliphatic carbocycles. The third-order valence-corrected chi connectivity index (χ3v) is 3.55. The van der Waals surface area contributed by atoms with Crippen LogP contribution in [0.15, 0.2) is 42.5 Å². The van der Waals surface area contributed by atoms with E-state index in [4.69, 9.17) is 9.47 Å². The zero-order valence-electron chi connectivity index (χ0n) is 13.2. The van der Waals surface area contributed by atoms with Gasteiger partial charge in [-0.25, -0.2) is 0 Å². The summed E-state index contributed by atoms with van der Waals surface area (Å²) < 4.78 is 10.7. The van der Waals surface area contributed by atoms with Gasteiger partial charge in [0.1, 0.15) is 11.5 Å². The lowest BCUT2D eigenvalue weighted by Crippen LogP contribution is -2.13. The van der Waals surface area contributed by atoms with E-state index in [0.717, 1.165) is 28.3 Å². The molecule has 2 rings (SSSR count). The highest BCUT2D eigenvalue weighted by atomic mass is 16.5. The number of benzene rings is 2. The van der Waals surface area contributed by atoms with Crippen LogP contribution in [0.1, 0.15) is 17.5 Å². The van der Waals surface area contributed by atoms with E-state index in [9.17, 15) is 4.79 Å². The van der Waals surface area contributed by atoms with Crippen molar-refractivity contribution in [3.63, 3.8) is 0 Å². The van der Waals surface area contributed by atoms with Gasteiger partial charge in [-0.2, -0.15) is 0 Å². The van der Waals surface area contributed by atoms with Gasteiger partial charge in [-0.05, 0) is 37.1 Å². The van der Waals surface area contributed by atoms with Gasteiger partial charge in [0.05, 0.1) is 14.2 Å². The van der Waals surface area contributed by atoms with Crippen molar-refractivity contribution < 1.29 is 14.3 Å². The second-order valence-corrected chi connectivity index (χ2v) is 5.00. The lowest BCUT2D eigenvalue weighted by molar-refractivity contribution is -0.116. The Labute approximate surface area is 131 Å². The van der Waals surface area contributed by atoms with Gasteiger partial charge in [-0.15, -0.1) is 0 Å². The van der Waals surface area contributed by atoms with E-state index >= 15 is 0 Å². The summed E-state index contributed by atoms with van der Waals surface area (Å²) in [6, 6.07) is 13.3. The summed E-state index contributed by atoms with van der Waals surface area (Å²) >= 11 is 0. The molecule has 0 fully saturated rings. The van der Waals surface area contributed by atoms with Crippen molar-refractivity contribution in [2.45, 2.75) is 19.8 Å². The second-order valence-electron chi connectivity index (χ2n) is 5.00. The van der Waals surface area contributed by atoms with E-state index < -0.39 is 0 Å². The summed E-state index contributed by atoms with van der Waals surface area (Å²) in [6.45, 7) is 1.97. The van der Waals surface area contributed by atoms with Gasteiger partial charge in [0.15, 0.2) is 0 Å². The zero-order valence-corrected chi connectivity index (χ0v) is 13.2. The molecule has 0 spiro atoms. The van der Waals surface area contributed by atoms with E-state index in [0.29, 0.717) is 12.8 Å². The molecule has 0 atom stereocenters. The average Bonchev–Trinajstić information content (AvgIpc) is 2.54. The van der Waals surface area contributed by atoms with E-state index in [2.05, 4.69) is 5.32 Å². The predicted molar refractivity (Wildman–Crippen MR) is 87.7 cm³/mol. The van der Waals surface area contributed by atoms with Gasteiger partial charge in [-0.3, -0.25) is 4.79 Å². The van der Waals surface area contributed by atoms with Gasteiger partial charge in [0, 0.05) is 17.7 Å². The highest BCUT2D eigenvalue weighted by Crippen LogP contribution is 2.29. The minimum absolute atomic E-state index is 0.0257. The number of para-hydroxylation sites is 1. The summed E-state index contributed by atoms with van der Waals surface area (Å²) in [7, 11) is 3.23. The van der Waals surface area contributed by atoms with Crippen LogP contribution < -0.4 is 14.8 Å².